The summed E-state index contributed by atoms with van der Waals surface area (Å²) in [6, 6.07) is 7.90. The second kappa shape index (κ2) is 7.17. The Labute approximate surface area is 122 Å². The van der Waals surface area contributed by atoms with E-state index >= 15 is 0 Å². The van der Waals surface area contributed by atoms with Crippen LogP contribution >= 0.6 is 11.3 Å². The highest BCUT2D eigenvalue weighted by molar-refractivity contribution is 7.09. The highest BCUT2D eigenvalue weighted by atomic mass is 32.1. The maximum Gasteiger partial charge on any atom is 0.230 e. The number of nitrogens with one attached hydrogen (secondary N) is 1. The van der Waals surface area contributed by atoms with Gasteiger partial charge in [-0.25, -0.2) is 4.98 Å². The van der Waals surface area contributed by atoms with E-state index in [1.807, 2.05) is 29.6 Å². The van der Waals surface area contributed by atoms with E-state index in [0.29, 0.717) is 6.61 Å². The molecule has 5 heteroatoms. The molecule has 1 N–H and O–H groups in total. The van der Waals surface area contributed by atoms with E-state index in [2.05, 4.69) is 17.2 Å². The van der Waals surface area contributed by atoms with Crippen LogP contribution < -0.4 is 5.32 Å². The Morgan fingerprint density at radius 1 is 1.35 bits per heavy atom. The second-order valence-corrected chi connectivity index (χ2v) is 5.38. The normalized spacial score (nSPS) is 10.5. The van der Waals surface area contributed by atoms with Crippen molar-refractivity contribution in [1.82, 2.24) is 4.98 Å². The smallest absolute Gasteiger partial charge is 0.230 e. The van der Waals surface area contributed by atoms with Gasteiger partial charge in [0.25, 0.3) is 0 Å². The van der Waals surface area contributed by atoms with Crippen molar-refractivity contribution in [3.05, 3.63) is 45.9 Å². The zero-order valence-electron chi connectivity index (χ0n) is 11.7. The highest BCUT2D eigenvalue weighted by Gasteiger charge is 2.08. The lowest BCUT2D eigenvalue weighted by molar-refractivity contribution is -0.115. The molecule has 1 aromatic carbocycles. The third-order valence-corrected chi connectivity index (χ3v) is 3.73. The van der Waals surface area contributed by atoms with Crippen LogP contribution in [0.3, 0.4) is 0 Å². The predicted octanol–water partition coefficient (Wildman–Crippen LogP) is 3.03. The van der Waals surface area contributed by atoms with E-state index in [1.54, 1.807) is 7.11 Å². The highest BCUT2D eigenvalue weighted by Crippen LogP contribution is 2.13. The number of rotatable bonds is 6. The molecule has 0 fully saturated rings. The van der Waals surface area contributed by atoms with Gasteiger partial charge < -0.3 is 10.1 Å². The van der Waals surface area contributed by atoms with Crippen LogP contribution in [0.25, 0.3) is 0 Å². The van der Waals surface area contributed by atoms with Gasteiger partial charge in [-0.15, -0.1) is 11.3 Å². The lowest BCUT2D eigenvalue weighted by Gasteiger charge is -2.05. The fraction of sp³-hybridized carbons (Fsp3) is 0.333. The number of thiazole rings is 1. The van der Waals surface area contributed by atoms with Crippen LogP contribution in [0.1, 0.15) is 23.2 Å². The molecule has 1 amide bonds. The molecule has 1 heterocycles. The number of aromatic nitrogens is 1. The molecule has 0 aliphatic rings. The SMILES string of the molecule is CCc1ccc(NC(=O)Cc2csc(COC)n2)cc1. The van der Waals surface area contributed by atoms with Gasteiger partial charge in [-0.05, 0) is 24.1 Å². The van der Waals surface area contributed by atoms with Crippen LogP contribution in [-0.2, 0) is 29.0 Å². The average molecular weight is 290 g/mol. The summed E-state index contributed by atoms with van der Waals surface area (Å²) in [5.74, 6) is -0.0523. The van der Waals surface area contributed by atoms with Gasteiger partial charge in [0.1, 0.15) is 5.01 Å². The van der Waals surface area contributed by atoms with Crippen LogP contribution in [-0.4, -0.2) is 18.0 Å². The fourth-order valence-electron chi connectivity index (χ4n) is 1.81. The van der Waals surface area contributed by atoms with E-state index < -0.39 is 0 Å². The van der Waals surface area contributed by atoms with Gasteiger partial charge in [0.05, 0.1) is 18.7 Å². The van der Waals surface area contributed by atoms with Crippen LogP contribution in [0.4, 0.5) is 5.69 Å². The summed E-state index contributed by atoms with van der Waals surface area (Å²) in [6.07, 6.45) is 1.28. The molecular weight excluding hydrogens is 272 g/mol. The number of amides is 1. The molecule has 0 saturated heterocycles. The minimum absolute atomic E-state index is 0.0523. The van der Waals surface area contributed by atoms with E-state index in [-0.39, 0.29) is 12.3 Å². The molecule has 0 bridgehead atoms. The largest absolute Gasteiger partial charge is 0.378 e. The van der Waals surface area contributed by atoms with Gasteiger partial charge in [-0.1, -0.05) is 19.1 Å². The van der Waals surface area contributed by atoms with Crippen molar-refractivity contribution in [2.24, 2.45) is 0 Å². The molecule has 0 spiro atoms. The summed E-state index contributed by atoms with van der Waals surface area (Å²) < 4.78 is 5.01. The first-order valence-electron chi connectivity index (χ1n) is 6.52. The number of benzene rings is 1. The van der Waals surface area contributed by atoms with Gasteiger partial charge in [0.2, 0.25) is 5.91 Å². The first-order valence-corrected chi connectivity index (χ1v) is 7.40. The van der Waals surface area contributed by atoms with Crippen molar-refractivity contribution in [3.63, 3.8) is 0 Å². The molecular formula is C15H18N2O2S. The van der Waals surface area contributed by atoms with Crippen molar-refractivity contribution >= 4 is 22.9 Å². The number of carbonyl (C=O) groups excluding carboxylic acids is 1. The van der Waals surface area contributed by atoms with Crippen molar-refractivity contribution in [3.8, 4) is 0 Å². The topological polar surface area (TPSA) is 51.2 Å². The molecule has 0 atom stereocenters. The second-order valence-electron chi connectivity index (χ2n) is 4.44. The number of anilines is 1. The first kappa shape index (κ1) is 14.7. The quantitative estimate of drug-likeness (QED) is 0.889. The molecule has 0 radical (unpaired) electrons. The number of aryl methyl sites for hydroxylation is 1. The number of carbonyl (C=O) groups is 1. The average Bonchev–Trinajstić information content (AvgIpc) is 2.87. The Bertz CT molecular complexity index is 564. The minimum atomic E-state index is -0.0523. The van der Waals surface area contributed by atoms with Crippen LogP contribution in [0, 0.1) is 0 Å². The van der Waals surface area contributed by atoms with Crippen molar-refractivity contribution in [2.45, 2.75) is 26.4 Å². The Morgan fingerprint density at radius 2 is 2.10 bits per heavy atom. The lowest BCUT2D eigenvalue weighted by Crippen LogP contribution is -2.14. The number of hydrogen-bond acceptors (Lipinski definition) is 4. The monoisotopic (exact) mass is 290 g/mol. The summed E-state index contributed by atoms with van der Waals surface area (Å²) in [5.41, 5.74) is 2.86. The summed E-state index contributed by atoms with van der Waals surface area (Å²) >= 11 is 1.51. The zero-order valence-corrected chi connectivity index (χ0v) is 12.5. The molecule has 2 aromatic rings. The Morgan fingerprint density at radius 3 is 2.75 bits per heavy atom. The van der Waals surface area contributed by atoms with Gasteiger partial charge >= 0.3 is 0 Å². The van der Waals surface area contributed by atoms with Gasteiger partial charge in [-0.3, -0.25) is 4.79 Å². The van der Waals surface area contributed by atoms with E-state index in [1.165, 1.54) is 16.9 Å². The molecule has 1 aromatic heterocycles. The standard InChI is InChI=1S/C15H18N2O2S/c1-3-11-4-6-12(7-5-11)16-14(18)8-13-10-20-15(17-13)9-19-2/h4-7,10H,3,8-9H2,1-2H3,(H,16,18). The zero-order chi connectivity index (χ0) is 14.4. The number of nitrogens with zero attached hydrogens (tertiary/aromatic N) is 1. The first-order chi connectivity index (χ1) is 9.71. The lowest BCUT2D eigenvalue weighted by atomic mass is 10.1. The molecule has 2 rings (SSSR count). The van der Waals surface area contributed by atoms with E-state index in [0.717, 1.165) is 22.8 Å². The molecule has 0 aliphatic carbocycles. The Balaban J connectivity index is 1.90. The molecule has 0 saturated carbocycles. The number of methoxy groups -OCH3 is 1. The van der Waals surface area contributed by atoms with Crippen LogP contribution in [0.15, 0.2) is 29.6 Å². The van der Waals surface area contributed by atoms with Gasteiger partial charge in [0.15, 0.2) is 0 Å². The fourth-order valence-corrected chi connectivity index (χ4v) is 2.58. The number of hydrogen-bond donors (Lipinski definition) is 1. The summed E-state index contributed by atoms with van der Waals surface area (Å²) in [4.78, 5) is 16.3. The molecule has 0 unspecified atom stereocenters. The predicted molar refractivity (Wildman–Crippen MR) is 81.0 cm³/mol. The van der Waals surface area contributed by atoms with E-state index in [4.69, 9.17) is 4.74 Å². The van der Waals surface area contributed by atoms with Crippen molar-refractivity contribution in [1.29, 1.82) is 0 Å². The van der Waals surface area contributed by atoms with Gasteiger partial charge in [0, 0.05) is 18.2 Å². The molecule has 106 valence electrons. The third kappa shape index (κ3) is 4.15. The van der Waals surface area contributed by atoms with Crippen molar-refractivity contribution in [2.75, 3.05) is 12.4 Å². The maximum atomic E-state index is 11.9. The maximum absolute atomic E-state index is 11.9. The van der Waals surface area contributed by atoms with Crippen LogP contribution in [0.5, 0.6) is 0 Å². The third-order valence-electron chi connectivity index (χ3n) is 2.85. The Hall–Kier alpha value is -1.72. The molecule has 0 aliphatic heterocycles. The Kier molecular flexibility index (Phi) is 5.26. The minimum Gasteiger partial charge on any atom is -0.378 e. The van der Waals surface area contributed by atoms with Crippen LogP contribution in [0.2, 0.25) is 0 Å². The molecule has 20 heavy (non-hydrogen) atoms. The summed E-state index contributed by atoms with van der Waals surface area (Å²) in [6.45, 7) is 2.60. The van der Waals surface area contributed by atoms with Crippen molar-refractivity contribution < 1.29 is 9.53 Å². The summed E-state index contributed by atoms with van der Waals surface area (Å²) in [7, 11) is 1.63. The van der Waals surface area contributed by atoms with Gasteiger partial charge in [-0.2, -0.15) is 0 Å². The van der Waals surface area contributed by atoms with E-state index in [9.17, 15) is 4.79 Å². The number of ether oxygens (including phenoxy) is 1. The molecule has 4 nitrogen and oxygen atoms in total. The summed E-state index contributed by atoms with van der Waals surface area (Å²) in [5, 5.41) is 5.67.